The lowest BCUT2D eigenvalue weighted by molar-refractivity contribution is 0.0367. The zero-order chi connectivity index (χ0) is 28.7. The Morgan fingerprint density at radius 1 is 1.10 bits per heavy atom. The Morgan fingerprint density at radius 2 is 1.85 bits per heavy atom. The second kappa shape index (κ2) is 13.1. The predicted octanol–water partition coefficient (Wildman–Crippen LogP) is 7.16. The Hall–Kier alpha value is -3.77. The van der Waals surface area contributed by atoms with Crippen molar-refractivity contribution in [2.24, 2.45) is 10.9 Å². The summed E-state index contributed by atoms with van der Waals surface area (Å²) in [6.07, 6.45) is 9.11. The molecule has 1 N–H and O–H groups in total. The molecule has 1 saturated heterocycles. The van der Waals surface area contributed by atoms with Crippen LogP contribution in [0.15, 0.2) is 89.8 Å². The number of carbonyl (C=O) groups excluding carboxylic acids is 1. The maximum Gasteiger partial charge on any atom is 0.254 e. The predicted molar refractivity (Wildman–Crippen MR) is 165 cm³/mol. The number of carbonyl (C=O) groups is 1. The first-order valence-electron chi connectivity index (χ1n) is 13.8. The standard InChI is InChI=1S/C33H38ClN5O/c1-5-24(19-25-9-7-12-29(34)20-25)22-37-31(35)30(6-2)39-18-17-38(23-33(39,3)4)32(40)28-11-8-10-27(21-28)26-13-15-36-16-14-26/h6-16,20-22,24,35H,5,17-19,23H2,1-4H3. The van der Waals surface area contributed by atoms with Crippen LogP contribution in [-0.2, 0) is 6.42 Å². The van der Waals surface area contributed by atoms with Gasteiger partial charge in [-0.25, -0.2) is 4.99 Å². The average Bonchev–Trinajstić information content (AvgIpc) is 2.96. The van der Waals surface area contributed by atoms with Crippen LogP contribution in [0.4, 0.5) is 0 Å². The van der Waals surface area contributed by atoms with Gasteiger partial charge in [0.05, 0.1) is 11.2 Å². The van der Waals surface area contributed by atoms with Crippen molar-refractivity contribution in [3.63, 3.8) is 0 Å². The zero-order valence-electron chi connectivity index (χ0n) is 23.8. The van der Waals surface area contributed by atoms with E-state index in [1.165, 1.54) is 0 Å². The molecule has 3 aromatic rings. The number of pyridine rings is 1. The van der Waals surface area contributed by atoms with E-state index in [0.29, 0.717) is 25.2 Å². The van der Waals surface area contributed by atoms with Crippen LogP contribution in [0.2, 0.25) is 5.02 Å². The first-order valence-corrected chi connectivity index (χ1v) is 14.2. The van der Waals surface area contributed by atoms with Gasteiger partial charge in [-0.2, -0.15) is 0 Å². The van der Waals surface area contributed by atoms with Gasteiger partial charge in [-0.05, 0) is 92.6 Å². The number of allylic oxidation sites excluding steroid dienone is 1. The van der Waals surface area contributed by atoms with Gasteiger partial charge in [-0.15, -0.1) is 0 Å². The first-order chi connectivity index (χ1) is 19.2. The van der Waals surface area contributed by atoms with Crippen molar-refractivity contribution < 1.29 is 4.79 Å². The fourth-order valence-electron chi connectivity index (χ4n) is 5.27. The van der Waals surface area contributed by atoms with Gasteiger partial charge >= 0.3 is 0 Å². The molecular weight excluding hydrogens is 518 g/mol. The van der Waals surface area contributed by atoms with E-state index >= 15 is 0 Å². The summed E-state index contributed by atoms with van der Waals surface area (Å²) in [5, 5.41) is 9.53. The summed E-state index contributed by atoms with van der Waals surface area (Å²) in [6.45, 7) is 10.1. The molecule has 208 valence electrons. The van der Waals surface area contributed by atoms with Crippen molar-refractivity contribution >= 4 is 29.6 Å². The molecule has 2 aromatic carbocycles. The van der Waals surface area contributed by atoms with Gasteiger partial charge in [0.2, 0.25) is 0 Å². The highest BCUT2D eigenvalue weighted by molar-refractivity contribution is 6.30. The smallest absolute Gasteiger partial charge is 0.254 e. The van der Waals surface area contributed by atoms with Crippen LogP contribution in [0.3, 0.4) is 0 Å². The molecule has 0 bridgehead atoms. The van der Waals surface area contributed by atoms with Gasteiger partial charge < -0.3 is 9.80 Å². The molecular formula is C33H38ClN5O. The van der Waals surface area contributed by atoms with E-state index in [1.807, 2.05) is 78.7 Å². The van der Waals surface area contributed by atoms with Crippen LogP contribution in [0.5, 0.6) is 0 Å². The minimum absolute atomic E-state index is 0.0190. The number of nitrogens with zero attached hydrogens (tertiary/aromatic N) is 4. The fraction of sp³-hybridized carbons (Fsp3) is 0.333. The van der Waals surface area contributed by atoms with E-state index in [2.05, 4.69) is 41.7 Å². The Morgan fingerprint density at radius 3 is 2.52 bits per heavy atom. The summed E-state index contributed by atoms with van der Waals surface area (Å²) in [4.78, 5) is 26.4. The monoisotopic (exact) mass is 555 g/mol. The third-order valence-electron chi connectivity index (χ3n) is 7.45. The third kappa shape index (κ3) is 7.05. The maximum absolute atomic E-state index is 13.5. The highest BCUT2D eigenvalue weighted by Crippen LogP contribution is 2.28. The topological polar surface area (TPSA) is 72.7 Å². The maximum atomic E-state index is 13.5. The Kier molecular flexibility index (Phi) is 9.54. The van der Waals surface area contributed by atoms with Crippen molar-refractivity contribution in [3.8, 4) is 11.1 Å². The Labute approximate surface area is 242 Å². The quantitative estimate of drug-likeness (QED) is 0.237. The summed E-state index contributed by atoms with van der Waals surface area (Å²) < 4.78 is 0. The normalized spacial score (nSPS) is 16.3. The molecule has 0 aliphatic carbocycles. The van der Waals surface area contributed by atoms with Crippen LogP contribution in [0.1, 0.15) is 50.0 Å². The van der Waals surface area contributed by atoms with Crippen LogP contribution < -0.4 is 0 Å². The molecule has 1 fully saturated rings. The molecule has 0 spiro atoms. The molecule has 1 aromatic heterocycles. The zero-order valence-corrected chi connectivity index (χ0v) is 24.5. The number of piperazine rings is 1. The van der Waals surface area contributed by atoms with E-state index < -0.39 is 0 Å². The van der Waals surface area contributed by atoms with Crippen molar-refractivity contribution in [1.82, 2.24) is 14.8 Å². The van der Waals surface area contributed by atoms with E-state index in [1.54, 1.807) is 12.4 Å². The number of amidine groups is 1. The molecule has 40 heavy (non-hydrogen) atoms. The molecule has 1 aliphatic heterocycles. The molecule has 1 unspecified atom stereocenters. The van der Waals surface area contributed by atoms with Gasteiger partial charge in [0, 0.05) is 48.8 Å². The Balaban J connectivity index is 1.43. The van der Waals surface area contributed by atoms with Crippen LogP contribution >= 0.6 is 11.6 Å². The largest absolute Gasteiger partial charge is 0.360 e. The highest BCUT2D eigenvalue weighted by Gasteiger charge is 2.37. The van der Waals surface area contributed by atoms with Gasteiger partial charge in [0.1, 0.15) is 0 Å². The molecule has 0 saturated carbocycles. The molecule has 2 heterocycles. The number of hydrogen-bond acceptors (Lipinski definition) is 4. The fourth-order valence-corrected chi connectivity index (χ4v) is 5.48. The number of amides is 1. The number of aromatic nitrogens is 1. The van der Waals surface area contributed by atoms with Gasteiger partial charge in [0.25, 0.3) is 5.91 Å². The number of benzene rings is 2. The number of halogens is 1. The molecule has 7 heteroatoms. The van der Waals surface area contributed by atoms with Crippen LogP contribution in [-0.4, -0.2) is 57.9 Å². The summed E-state index contributed by atoms with van der Waals surface area (Å²) in [7, 11) is 0. The van der Waals surface area contributed by atoms with Crippen LogP contribution in [0.25, 0.3) is 11.1 Å². The van der Waals surface area contributed by atoms with Gasteiger partial charge in [0.15, 0.2) is 5.84 Å². The summed E-state index contributed by atoms with van der Waals surface area (Å²) >= 11 is 6.16. The Bertz CT molecular complexity index is 1400. The lowest BCUT2D eigenvalue weighted by Crippen LogP contribution is -2.60. The molecule has 6 nitrogen and oxygen atoms in total. The second-order valence-electron chi connectivity index (χ2n) is 10.8. The summed E-state index contributed by atoms with van der Waals surface area (Å²) in [5.74, 6) is 0.470. The van der Waals surface area contributed by atoms with E-state index in [4.69, 9.17) is 17.0 Å². The molecule has 4 rings (SSSR count). The molecule has 1 amide bonds. The minimum Gasteiger partial charge on any atom is -0.360 e. The van der Waals surface area contributed by atoms with Crippen molar-refractivity contribution in [3.05, 3.63) is 101 Å². The highest BCUT2D eigenvalue weighted by atomic mass is 35.5. The average molecular weight is 556 g/mol. The second-order valence-corrected chi connectivity index (χ2v) is 11.2. The van der Waals surface area contributed by atoms with E-state index in [9.17, 15) is 4.79 Å². The number of nitrogens with one attached hydrogen (secondary N) is 1. The summed E-state index contributed by atoms with van der Waals surface area (Å²) in [6, 6.07) is 19.6. The number of hydrogen-bond donors (Lipinski definition) is 1. The van der Waals surface area contributed by atoms with Gasteiger partial charge in [-0.1, -0.05) is 48.9 Å². The molecule has 0 radical (unpaired) electrons. The third-order valence-corrected chi connectivity index (χ3v) is 7.68. The first kappa shape index (κ1) is 29.2. The minimum atomic E-state index is -0.370. The van der Waals surface area contributed by atoms with Crippen molar-refractivity contribution in [2.45, 2.75) is 46.1 Å². The number of aliphatic imine (C=N–C) groups is 1. The van der Waals surface area contributed by atoms with Crippen molar-refractivity contribution in [1.29, 1.82) is 5.41 Å². The molecule has 1 atom stereocenters. The van der Waals surface area contributed by atoms with E-state index in [-0.39, 0.29) is 23.2 Å². The summed E-state index contributed by atoms with van der Waals surface area (Å²) in [5.41, 5.74) is 4.28. The van der Waals surface area contributed by atoms with Crippen LogP contribution in [0, 0.1) is 11.3 Å². The lowest BCUT2D eigenvalue weighted by atomic mass is 9.96. The SMILES string of the molecule is CC=C(C(=N)N=CC(CC)Cc1cccc(Cl)c1)N1CCN(C(=O)c2cccc(-c3ccncc3)c2)CC1(C)C. The van der Waals surface area contributed by atoms with Gasteiger partial charge in [-0.3, -0.25) is 15.2 Å². The number of rotatable bonds is 8. The van der Waals surface area contributed by atoms with E-state index in [0.717, 1.165) is 40.3 Å². The lowest BCUT2D eigenvalue weighted by Gasteiger charge is -2.49. The molecule has 1 aliphatic rings. The van der Waals surface area contributed by atoms with Crippen molar-refractivity contribution in [2.75, 3.05) is 19.6 Å².